The molecule has 170 valence electrons. The molecule has 0 aromatic heterocycles. The van der Waals surface area contributed by atoms with Crippen LogP contribution >= 0.6 is 0 Å². The average Bonchev–Trinajstić information content (AvgIpc) is 2.76. The number of carbonyl (C=O) groups excluding carboxylic acids is 1. The number of ether oxygens (including phenoxy) is 1. The summed E-state index contributed by atoms with van der Waals surface area (Å²) in [5.41, 5.74) is -0.390. The molecule has 3 atom stereocenters. The van der Waals surface area contributed by atoms with E-state index in [0.717, 1.165) is 0 Å². The fraction of sp³-hybridized carbons (Fsp3) is 0.409. The van der Waals surface area contributed by atoms with Gasteiger partial charge in [-0.05, 0) is 19.4 Å². The van der Waals surface area contributed by atoms with Gasteiger partial charge in [0, 0.05) is 24.2 Å². The van der Waals surface area contributed by atoms with Gasteiger partial charge in [-0.25, -0.2) is 0 Å². The Morgan fingerprint density at radius 1 is 0.935 bits per heavy atom. The maximum absolute atomic E-state index is 13.1. The molecule has 9 nitrogen and oxygen atoms in total. The van der Waals surface area contributed by atoms with Crippen molar-refractivity contribution in [3.63, 3.8) is 0 Å². The molecule has 2 rings (SSSR count). The van der Waals surface area contributed by atoms with E-state index >= 15 is 0 Å². The van der Waals surface area contributed by atoms with Gasteiger partial charge in [0.1, 0.15) is 18.1 Å². The highest BCUT2D eigenvalue weighted by Crippen LogP contribution is 2.30. The summed E-state index contributed by atoms with van der Waals surface area (Å²) in [6.07, 6.45) is -5.37. The van der Waals surface area contributed by atoms with Gasteiger partial charge in [-0.3, -0.25) is 15.4 Å². The molecule has 0 bridgehead atoms. The van der Waals surface area contributed by atoms with E-state index in [-0.39, 0.29) is 18.7 Å². The van der Waals surface area contributed by atoms with Gasteiger partial charge < -0.3 is 30.3 Å². The first kappa shape index (κ1) is 25.1. The average molecular weight is 434 g/mol. The predicted molar refractivity (Wildman–Crippen MR) is 113 cm³/mol. The van der Waals surface area contributed by atoms with Crippen LogP contribution in [0.2, 0.25) is 0 Å². The first-order valence-corrected chi connectivity index (χ1v) is 9.89. The molecule has 0 saturated carbocycles. The standard InChI is InChI=1S/C22H30N2O7/c1-14(23-12-18(25)26)31-22(2,24-13-19(27)28)17-11-7-6-10-16(17)21(30)20(29)15-8-4-3-5-9-15/h3-11,14,18-20,23-29H,12-13H2,1-2H3. The van der Waals surface area contributed by atoms with Gasteiger partial charge in [-0.1, -0.05) is 54.6 Å². The lowest BCUT2D eigenvalue weighted by molar-refractivity contribution is -0.137. The topological polar surface area (TPSA) is 152 Å². The Morgan fingerprint density at radius 2 is 1.52 bits per heavy atom. The van der Waals surface area contributed by atoms with Gasteiger partial charge in [0.05, 0.1) is 0 Å². The molecule has 3 unspecified atom stereocenters. The first-order valence-electron chi connectivity index (χ1n) is 9.89. The van der Waals surface area contributed by atoms with Crippen LogP contribution in [0.1, 0.15) is 41.4 Å². The maximum Gasteiger partial charge on any atom is 0.196 e. The molecular formula is C22H30N2O7. The molecule has 2 aromatic rings. The Hall–Kier alpha value is -2.21. The van der Waals surface area contributed by atoms with Crippen molar-refractivity contribution in [1.82, 2.24) is 10.6 Å². The summed E-state index contributed by atoms with van der Waals surface area (Å²) in [5.74, 6) is -0.547. The van der Waals surface area contributed by atoms with E-state index < -0.39 is 36.4 Å². The van der Waals surface area contributed by atoms with Crippen LogP contribution in [-0.2, 0) is 10.5 Å². The largest absolute Gasteiger partial charge is 0.380 e. The third kappa shape index (κ3) is 7.17. The summed E-state index contributed by atoms with van der Waals surface area (Å²) < 4.78 is 6.00. The van der Waals surface area contributed by atoms with Crippen molar-refractivity contribution in [3.05, 3.63) is 71.3 Å². The van der Waals surface area contributed by atoms with E-state index in [4.69, 9.17) is 14.9 Å². The summed E-state index contributed by atoms with van der Waals surface area (Å²) in [6.45, 7) is 2.80. The van der Waals surface area contributed by atoms with Crippen LogP contribution in [-0.4, -0.2) is 63.2 Å². The van der Waals surface area contributed by atoms with Gasteiger partial charge in [0.15, 0.2) is 18.4 Å². The Kier molecular flexibility index (Phi) is 9.23. The van der Waals surface area contributed by atoms with Crippen LogP contribution in [0.5, 0.6) is 0 Å². The van der Waals surface area contributed by atoms with E-state index in [9.17, 15) is 20.1 Å². The zero-order valence-electron chi connectivity index (χ0n) is 17.5. The van der Waals surface area contributed by atoms with Crippen molar-refractivity contribution in [2.24, 2.45) is 0 Å². The summed E-state index contributed by atoms with van der Waals surface area (Å²) in [7, 11) is 0. The van der Waals surface area contributed by atoms with Crippen molar-refractivity contribution in [2.45, 2.75) is 44.5 Å². The van der Waals surface area contributed by atoms with E-state index in [1.807, 2.05) is 0 Å². The van der Waals surface area contributed by atoms with Crippen molar-refractivity contribution < 1.29 is 35.1 Å². The number of ketones is 1. The number of benzene rings is 2. The van der Waals surface area contributed by atoms with Crippen molar-refractivity contribution in [1.29, 1.82) is 0 Å². The number of aliphatic hydroxyl groups is 5. The van der Waals surface area contributed by atoms with Crippen molar-refractivity contribution >= 4 is 5.78 Å². The molecule has 31 heavy (non-hydrogen) atoms. The third-order valence-corrected chi connectivity index (χ3v) is 4.69. The SMILES string of the molecule is CC(NCC(O)O)OC(C)(NCC(O)O)c1ccccc1C(=O)C(O)c1ccccc1. The highest BCUT2D eigenvalue weighted by Gasteiger charge is 2.35. The Bertz CT molecular complexity index is 832. The number of hydrogen-bond donors (Lipinski definition) is 7. The smallest absolute Gasteiger partial charge is 0.196 e. The number of aliphatic hydroxyl groups excluding tert-OH is 3. The zero-order valence-corrected chi connectivity index (χ0v) is 17.5. The van der Waals surface area contributed by atoms with E-state index in [2.05, 4.69) is 10.6 Å². The summed E-state index contributed by atoms with van der Waals surface area (Å²) in [4.78, 5) is 13.1. The number of nitrogens with one attached hydrogen (secondary N) is 2. The molecule has 0 aliphatic carbocycles. The predicted octanol–water partition coefficient (Wildman–Crippen LogP) is -0.0612. The number of rotatable bonds is 12. The maximum atomic E-state index is 13.1. The lowest BCUT2D eigenvalue weighted by Gasteiger charge is -2.36. The van der Waals surface area contributed by atoms with Gasteiger partial charge in [0.25, 0.3) is 0 Å². The quantitative estimate of drug-likeness (QED) is 0.180. The van der Waals surface area contributed by atoms with Crippen LogP contribution in [0.25, 0.3) is 0 Å². The van der Waals surface area contributed by atoms with Crippen LogP contribution in [0.3, 0.4) is 0 Å². The van der Waals surface area contributed by atoms with Crippen LogP contribution in [0.15, 0.2) is 54.6 Å². The molecule has 0 amide bonds. The minimum absolute atomic E-state index is 0.160. The van der Waals surface area contributed by atoms with Gasteiger partial charge >= 0.3 is 0 Å². The minimum Gasteiger partial charge on any atom is -0.380 e. The van der Waals surface area contributed by atoms with Gasteiger partial charge in [-0.2, -0.15) is 0 Å². The van der Waals surface area contributed by atoms with E-state index in [1.54, 1.807) is 68.4 Å². The van der Waals surface area contributed by atoms with Gasteiger partial charge in [-0.15, -0.1) is 0 Å². The highest BCUT2D eigenvalue weighted by molar-refractivity contribution is 6.01. The highest BCUT2D eigenvalue weighted by atomic mass is 16.5. The summed E-state index contributed by atoms with van der Waals surface area (Å²) >= 11 is 0. The lowest BCUT2D eigenvalue weighted by Crippen LogP contribution is -2.51. The number of Topliss-reactive ketones (excluding diaryl/α,β-unsaturated/α-hetero) is 1. The third-order valence-electron chi connectivity index (χ3n) is 4.69. The molecule has 7 N–H and O–H groups in total. The fourth-order valence-corrected chi connectivity index (χ4v) is 3.20. The number of carbonyl (C=O) groups is 1. The fourth-order valence-electron chi connectivity index (χ4n) is 3.20. The molecule has 0 aliphatic heterocycles. The van der Waals surface area contributed by atoms with Crippen molar-refractivity contribution in [3.8, 4) is 0 Å². The van der Waals surface area contributed by atoms with Gasteiger partial charge in [0.2, 0.25) is 0 Å². The van der Waals surface area contributed by atoms with Crippen LogP contribution < -0.4 is 10.6 Å². The number of hydrogen-bond acceptors (Lipinski definition) is 9. The molecule has 0 heterocycles. The normalized spacial score (nSPS) is 15.6. The van der Waals surface area contributed by atoms with Crippen LogP contribution in [0, 0.1) is 0 Å². The van der Waals surface area contributed by atoms with Crippen LogP contribution in [0.4, 0.5) is 0 Å². The molecule has 9 heteroatoms. The summed E-state index contributed by atoms with van der Waals surface area (Å²) in [6, 6.07) is 15.0. The Morgan fingerprint density at radius 3 is 2.13 bits per heavy atom. The second-order valence-corrected chi connectivity index (χ2v) is 7.27. The molecule has 0 saturated heterocycles. The minimum atomic E-state index is -1.68. The molecule has 0 spiro atoms. The molecule has 2 aromatic carbocycles. The molecule has 0 radical (unpaired) electrons. The second-order valence-electron chi connectivity index (χ2n) is 7.27. The second kappa shape index (κ2) is 11.4. The van der Waals surface area contributed by atoms with E-state index in [0.29, 0.717) is 11.1 Å². The first-order chi connectivity index (χ1) is 14.6. The molecule has 0 aliphatic rings. The molecular weight excluding hydrogens is 404 g/mol. The zero-order chi connectivity index (χ0) is 23.0. The Balaban J connectivity index is 2.38. The molecule has 0 fully saturated rings. The lowest BCUT2D eigenvalue weighted by atomic mass is 9.91. The van der Waals surface area contributed by atoms with Crippen molar-refractivity contribution in [2.75, 3.05) is 13.1 Å². The van der Waals surface area contributed by atoms with E-state index in [1.165, 1.54) is 0 Å². The Labute approximate surface area is 180 Å². The monoisotopic (exact) mass is 434 g/mol. The summed E-state index contributed by atoms with van der Waals surface area (Å²) in [5, 5.41) is 53.1.